The summed E-state index contributed by atoms with van der Waals surface area (Å²) >= 11 is 0. The van der Waals surface area contributed by atoms with E-state index in [1.54, 1.807) is 4.68 Å². The molecule has 0 atom stereocenters. The number of carboxylic acid groups (broad SMARTS) is 1. The largest absolute Gasteiger partial charge is 0.478 e. The Morgan fingerprint density at radius 2 is 2.14 bits per heavy atom. The van der Waals surface area contributed by atoms with E-state index in [1.807, 2.05) is 6.92 Å². The average molecular weight is 324 g/mol. The van der Waals surface area contributed by atoms with Gasteiger partial charge in [0.25, 0.3) is 0 Å². The van der Waals surface area contributed by atoms with Crippen LogP contribution in [0.25, 0.3) is 0 Å². The van der Waals surface area contributed by atoms with Gasteiger partial charge in [-0.2, -0.15) is 0 Å². The Kier molecular flexibility index (Phi) is 4.57. The second-order valence-corrected chi connectivity index (χ2v) is 6.33. The van der Waals surface area contributed by atoms with E-state index < -0.39 is 16.0 Å². The first-order valence-corrected chi connectivity index (χ1v) is 8.05. The molecule has 0 unspecified atom stereocenters. The van der Waals surface area contributed by atoms with Crippen molar-refractivity contribution in [1.29, 1.82) is 0 Å². The summed E-state index contributed by atoms with van der Waals surface area (Å²) in [5.74, 6) is -1.16. The van der Waals surface area contributed by atoms with Crippen molar-refractivity contribution in [3.05, 3.63) is 41.2 Å². The van der Waals surface area contributed by atoms with Crippen LogP contribution in [-0.4, -0.2) is 34.5 Å². The average Bonchev–Trinajstić information content (AvgIpc) is 2.92. The van der Waals surface area contributed by atoms with Gasteiger partial charge in [0.05, 0.1) is 28.9 Å². The van der Waals surface area contributed by atoms with Gasteiger partial charge in [-0.05, 0) is 31.5 Å². The van der Waals surface area contributed by atoms with E-state index >= 15 is 0 Å². The van der Waals surface area contributed by atoms with E-state index in [0.29, 0.717) is 12.2 Å². The lowest BCUT2D eigenvalue weighted by Crippen LogP contribution is -2.26. The monoisotopic (exact) mass is 324 g/mol. The molecule has 0 saturated carbocycles. The number of nitrogens with one attached hydrogen (secondary N) is 1. The van der Waals surface area contributed by atoms with Crippen LogP contribution in [0.4, 0.5) is 0 Å². The first-order chi connectivity index (χ1) is 10.4. The van der Waals surface area contributed by atoms with Crippen LogP contribution in [0.15, 0.2) is 29.3 Å². The zero-order valence-corrected chi connectivity index (χ0v) is 13.0. The third kappa shape index (κ3) is 3.15. The highest BCUT2D eigenvalue weighted by molar-refractivity contribution is 7.89. The highest BCUT2D eigenvalue weighted by atomic mass is 32.2. The Morgan fingerprint density at radius 1 is 1.41 bits per heavy atom. The van der Waals surface area contributed by atoms with Gasteiger partial charge in [0.1, 0.15) is 0 Å². The number of hydrogen-bond acceptors (Lipinski definition) is 5. The summed E-state index contributed by atoms with van der Waals surface area (Å²) < 4.78 is 28.7. The molecule has 0 aliphatic heterocycles. The number of hydrogen-bond donors (Lipinski definition) is 2. The van der Waals surface area contributed by atoms with Crippen molar-refractivity contribution in [2.45, 2.75) is 31.8 Å². The Balaban J connectivity index is 2.28. The maximum absolute atomic E-state index is 12.4. The first-order valence-electron chi connectivity index (χ1n) is 6.56. The molecule has 118 valence electrons. The van der Waals surface area contributed by atoms with Gasteiger partial charge in [-0.3, -0.25) is 0 Å². The number of aromatic nitrogens is 3. The molecule has 0 amide bonds. The lowest BCUT2D eigenvalue weighted by Gasteiger charge is -2.11. The van der Waals surface area contributed by atoms with E-state index in [0.717, 1.165) is 0 Å². The number of aromatic carboxylic acids is 1. The van der Waals surface area contributed by atoms with Crippen molar-refractivity contribution in [1.82, 2.24) is 19.7 Å². The van der Waals surface area contributed by atoms with E-state index in [-0.39, 0.29) is 22.6 Å². The summed E-state index contributed by atoms with van der Waals surface area (Å²) in [6.07, 6.45) is 1.48. The van der Waals surface area contributed by atoms with Gasteiger partial charge in [0.15, 0.2) is 0 Å². The van der Waals surface area contributed by atoms with Crippen molar-refractivity contribution >= 4 is 16.0 Å². The summed E-state index contributed by atoms with van der Waals surface area (Å²) in [6.45, 7) is 3.94. The number of sulfonamides is 1. The molecular formula is C13H16N4O4S. The summed E-state index contributed by atoms with van der Waals surface area (Å²) in [5, 5.41) is 16.6. The number of rotatable bonds is 6. The first kappa shape index (κ1) is 16.1. The smallest absolute Gasteiger partial charge is 0.335 e. The van der Waals surface area contributed by atoms with Gasteiger partial charge < -0.3 is 5.11 Å². The Morgan fingerprint density at radius 3 is 2.77 bits per heavy atom. The zero-order chi connectivity index (χ0) is 16.3. The molecule has 1 heterocycles. The number of benzene rings is 1. The Bertz CT molecular complexity index is 798. The third-order valence-corrected chi connectivity index (χ3v) is 4.79. The molecule has 0 aliphatic rings. The fourth-order valence-corrected chi connectivity index (χ4v) is 3.33. The fraction of sp³-hybridized carbons (Fsp3) is 0.308. The third-order valence-electron chi connectivity index (χ3n) is 3.24. The van der Waals surface area contributed by atoms with Gasteiger partial charge in [0, 0.05) is 6.54 Å². The minimum Gasteiger partial charge on any atom is -0.478 e. The molecule has 9 heteroatoms. The van der Waals surface area contributed by atoms with Crippen LogP contribution in [0.2, 0.25) is 0 Å². The molecule has 0 spiro atoms. The molecule has 1 aromatic carbocycles. The van der Waals surface area contributed by atoms with E-state index in [9.17, 15) is 13.2 Å². The predicted molar refractivity (Wildman–Crippen MR) is 77.9 cm³/mol. The summed E-state index contributed by atoms with van der Waals surface area (Å²) in [5.41, 5.74) is 0.783. The highest BCUT2D eigenvalue weighted by Crippen LogP contribution is 2.19. The maximum atomic E-state index is 12.4. The molecule has 0 saturated heterocycles. The van der Waals surface area contributed by atoms with Gasteiger partial charge in [0.2, 0.25) is 10.0 Å². The van der Waals surface area contributed by atoms with Crippen molar-refractivity contribution in [2.24, 2.45) is 0 Å². The van der Waals surface area contributed by atoms with Gasteiger partial charge in [-0.25, -0.2) is 22.6 Å². The minimum absolute atomic E-state index is 0.0277. The van der Waals surface area contributed by atoms with Crippen LogP contribution in [0.3, 0.4) is 0 Å². The topological polar surface area (TPSA) is 114 Å². The summed E-state index contributed by atoms with van der Waals surface area (Å²) in [7, 11) is -3.83. The van der Waals surface area contributed by atoms with Crippen LogP contribution in [-0.2, 0) is 23.1 Å². The molecule has 0 bridgehead atoms. The van der Waals surface area contributed by atoms with Crippen molar-refractivity contribution < 1.29 is 18.3 Å². The maximum Gasteiger partial charge on any atom is 0.335 e. The molecule has 8 nitrogen and oxygen atoms in total. The lowest BCUT2D eigenvalue weighted by molar-refractivity contribution is 0.0696. The number of carboxylic acids is 1. The molecule has 0 aliphatic carbocycles. The van der Waals surface area contributed by atoms with Crippen LogP contribution >= 0.6 is 0 Å². The van der Waals surface area contributed by atoms with Crippen LogP contribution in [0.1, 0.15) is 28.5 Å². The van der Waals surface area contributed by atoms with E-state index in [4.69, 9.17) is 5.11 Å². The normalized spacial score (nSPS) is 11.5. The van der Waals surface area contributed by atoms with Gasteiger partial charge in [-0.1, -0.05) is 11.3 Å². The second-order valence-electron chi connectivity index (χ2n) is 4.60. The lowest BCUT2D eigenvalue weighted by atomic mass is 10.1. The molecule has 2 N–H and O–H groups in total. The number of carbonyl (C=O) groups is 1. The van der Waals surface area contributed by atoms with E-state index in [2.05, 4.69) is 15.0 Å². The molecule has 0 fully saturated rings. The van der Waals surface area contributed by atoms with E-state index in [1.165, 1.54) is 31.3 Å². The van der Waals surface area contributed by atoms with Gasteiger partial charge >= 0.3 is 5.97 Å². The van der Waals surface area contributed by atoms with Crippen LogP contribution in [0, 0.1) is 6.92 Å². The molecule has 2 aromatic rings. The Labute approximate surface area is 127 Å². The Hall–Kier alpha value is -2.26. The molecule has 22 heavy (non-hydrogen) atoms. The van der Waals surface area contributed by atoms with Crippen molar-refractivity contribution in [3.63, 3.8) is 0 Å². The summed E-state index contributed by atoms with van der Waals surface area (Å²) in [4.78, 5) is 11.0. The molecule has 0 radical (unpaired) electrons. The standard InChI is InChI=1S/C13H16N4O4S/c1-3-17-10(7-14-16-17)8-15-22(20,21)12-6-4-5-11(9(12)2)13(18)19/h4-7,15H,3,8H2,1-2H3,(H,18,19). The van der Waals surface area contributed by atoms with Crippen molar-refractivity contribution in [2.75, 3.05) is 0 Å². The number of nitrogens with zero attached hydrogens (tertiary/aromatic N) is 3. The molecule has 2 rings (SSSR count). The fourth-order valence-electron chi connectivity index (χ4n) is 2.07. The van der Waals surface area contributed by atoms with Crippen LogP contribution < -0.4 is 4.72 Å². The predicted octanol–water partition coefficient (Wildman–Crippen LogP) is 0.783. The zero-order valence-electron chi connectivity index (χ0n) is 12.1. The van der Waals surface area contributed by atoms with Crippen LogP contribution in [0.5, 0.6) is 0 Å². The van der Waals surface area contributed by atoms with Crippen molar-refractivity contribution in [3.8, 4) is 0 Å². The summed E-state index contributed by atoms with van der Waals surface area (Å²) in [6, 6.07) is 4.15. The van der Waals surface area contributed by atoms with Gasteiger partial charge in [-0.15, -0.1) is 5.10 Å². The molecule has 1 aromatic heterocycles. The SMILES string of the molecule is CCn1nncc1CNS(=O)(=O)c1cccc(C(=O)O)c1C. The number of aryl methyl sites for hydroxylation is 1. The highest BCUT2D eigenvalue weighted by Gasteiger charge is 2.21. The quantitative estimate of drug-likeness (QED) is 0.811. The second kappa shape index (κ2) is 6.24. The molecular weight excluding hydrogens is 308 g/mol. The minimum atomic E-state index is -3.83.